The van der Waals surface area contributed by atoms with Gasteiger partial charge in [0.1, 0.15) is 5.75 Å². The molecule has 1 saturated heterocycles. The highest BCUT2D eigenvalue weighted by Crippen LogP contribution is 2.26. The van der Waals surface area contributed by atoms with Gasteiger partial charge in [-0.1, -0.05) is 25.1 Å². The first kappa shape index (κ1) is 29.2. The summed E-state index contributed by atoms with van der Waals surface area (Å²) in [5.41, 5.74) is 3.96. The third kappa shape index (κ3) is 7.88. The van der Waals surface area contributed by atoms with Crippen LogP contribution < -0.4 is 9.62 Å². The monoisotopic (exact) mass is 578 g/mol. The third-order valence-electron chi connectivity index (χ3n) is 6.52. The second-order valence-corrected chi connectivity index (χ2v) is 11.3. The predicted octanol–water partition coefficient (Wildman–Crippen LogP) is 3.14. The van der Waals surface area contributed by atoms with Crippen molar-refractivity contribution in [3.8, 4) is 16.9 Å². The van der Waals surface area contributed by atoms with Crippen molar-refractivity contribution < 1.29 is 31.5 Å². The zero-order valence-corrected chi connectivity index (χ0v) is 22.5. The number of hydrogen-bond acceptors (Lipinski definition) is 9. The molecule has 0 radical (unpaired) electrons. The van der Waals surface area contributed by atoms with Gasteiger partial charge in [-0.2, -0.15) is 13.2 Å². The molecule has 14 heteroatoms. The van der Waals surface area contributed by atoms with E-state index in [-0.39, 0.29) is 11.4 Å². The van der Waals surface area contributed by atoms with Gasteiger partial charge in [0.2, 0.25) is 10.0 Å². The third-order valence-corrected chi connectivity index (χ3v) is 7.76. The number of anilines is 1. The van der Waals surface area contributed by atoms with Crippen molar-refractivity contribution in [3.63, 3.8) is 0 Å². The molecule has 2 aromatic heterocycles. The van der Waals surface area contributed by atoms with Crippen LogP contribution in [0.2, 0.25) is 0 Å². The van der Waals surface area contributed by atoms with E-state index in [0.717, 1.165) is 37.2 Å². The molecule has 214 valence electrons. The molecule has 40 heavy (non-hydrogen) atoms. The van der Waals surface area contributed by atoms with E-state index >= 15 is 0 Å². The summed E-state index contributed by atoms with van der Waals surface area (Å²) >= 11 is 0. The van der Waals surface area contributed by atoms with Gasteiger partial charge in [0.25, 0.3) is 5.91 Å². The Hall–Kier alpha value is -3.78. The number of alkyl halides is 3. The molecule has 10 nitrogen and oxygen atoms in total. The molecule has 0 atom stereocenters. The van der Waals surface area contributed by atoms with Crippen LogP contribution in [0.15, 0.2) is 48.8 Å². The average molecular weight is 579 g/mol. The van der Waals surface area contributed by atoms with Crippen LogP contribution in [0.1, 0.15) is 35.0 Å². The number of carbonyl (C=O) groups excluding carboxylic acids is 1. The molecule has 3 aromatic rings. The fraction of sp³-hybridized carbons (Fsp3) is 0.385. The van der Waals surface area contributed by atoms with Crippen LogP contribution in [0.25, 0.3) is 11.1 Å². The van der Waals surface area contributed by atoms with Gasteiger partial charge < -0.3 is 10.0 Å². The lowest BCUT2D eigenvalue weighted by Crippen LogP contribution is -2.46. The highest BCUT2D eigenvalue weighted by atomic mass is 32.2. The van der Waals surface area contributed by atoms with E-state index in [4.69, 9.17) is 0 Å². The van der Waals surface area contributed by atoms with Gasteiger partial charge in [-0.25, -0.2) is 13.1 Å². The number of pyridine rings is 1. The van der Waals surface area contributed by atoms with Crippen molar-refractivity contribution >= 4 is 21.7 Å². The molecule has 0 saturated carbocycles. The van der Waals surface area contributed by atoms with Crippen molar-refractivity contribution in [3.05, 3.63) is 65.6 Å². The number of rotatable bonds is 9. The second-order valence-electron chi connectivity index (χ2n) is 9.42. The van der Waals surface area contributed by atoms with Crippen LogP contribution in [0.5, 0.6) is 5.75 Å². The van der Waals surface area contributed by atoms with Crippen molar-refractivity contribution in [1.82, 2.24) is 24.8 Å². The van der Waals surface area contributed by atoms with E-state index in [9.17, 15) is 31.5 Å². The zero-order valence-electron chi connectivity index (χ0n) is 21.7. The number of amides is 1. The van der Waals surface area contributed by atoms with Gasteiger partial charge in [-0.05, 0) is 41.3 Å². The number of aromatic nitrogens is 3. The Bertz CT molecular complexity index is 1440. The Kier molecular flexibility index (Phi) is 8.88. The maximum absolute atomic E-state index is 12.3. The lowest BCUT2D eigenvalue weighted by Gasteiger charge is -2.35. The fourth-order valence-electron chi connectivity index (χ4n) is 4.36. The van der Waals surface area contributed by atoms with Crippen molar-refractivity contribution in [2.24, 2.45) is 0 Å². The Balaban J connectivity index is 1.32. The minimum Gasteiger partial charge on any atom is -0.506 e. The number of nitrogens with one attached hydrogen (secondary N) is 1. The van der Waals surface area contributed by atoms with E-state index in [2.05, 4.69) is 39.1 Å². The topological polar surface area (TPSA) is 129 Å². The minimum absolute atomic E-state index is 0.118. The normalized spacial score (nSPS) is 14.8. The van der Waals surface area contributed by atoms with E-state index in [0.29, 0.717) is 18.9 Å². The molecule has 2 N–H and O–H groups in total. The Morgan fingerprint density at radius 2 is 1.75 bits per heavy atom. The van der Waals surface area contributed by atoms with Crippen LogP contribution in [0.3, 0.4) is 0 Å². The number of sulfonamides is 1. The number of piperazine rings is 1. The van der Waals surface area contributed by atoms with Gasteiger partial charge in [0, 0.05) is 44.5 Å². The van der Waals surface area contributed by atoms with Crippen LogP contribution in [0.4, 0.5) is 19.0 Å². The molecule has 0 spiro atoms. The van der Waals surface area contributed by atoms with Crippen molar-refractivity contribution in [1.29, 1.82) is 0 Å². The summed E-state index contributed by atoms with van der Waals surface area (Å²) in [4.78, 5) is 20.5. The van der Waals surface area contributed by atoms with Crippen LogP contribution in [-0.2, 0) is 23.0 Å². The van der Waals surface area contributed by atoms with Gasteiger partial charge in [0.05, 0.1) is 18.4 Å². The SMILES string of the molecule is CCc1cc(-c2cncc(O)c2)ccc1CN1CCN(c2ccc(C(=O)NS(=O)(=O)CCC(F)(F)F)nn2)CC1. The molecule has 0 bridgehead atoms. The highest BCUT2D eigenvalue weighted by molar-refractivity contribution is 7.90. The lowest BCUT2D eigenvalue weighted by molar-refractivity contribution is -0.130. The van der Waals surface area contributed by atoms with Crippen LogP contribution in [0, 0.1) is 0 Å². The van der Waals surface area contributed by atoms with Crippen LogP contribution >= 0.6 is 0 Å². The number of nitrogens with zero attached hydrogens (tertiary/aromatic N) is 5. The van der Waals surface area contributed by atoms with E-state index in [1.54, 1.807) is 17.0 Å². The molecular formula is C26H29F3N6O4S. The number of hydrogen-bond donors (Lipinski definition) is 2. The maximum atomic E-state index is 12.3. The van der Waals surface area contributed by atoms with Crippen molar-refractivity contribution in [2.45, 2.75) is 32.5 Å². The first-order valence-corrected chi connectivity index (χ1v) is 14.3. The smallest absolute Gasteiger partial charge is 0.390 e. The first-order valence-electron chi connectivity index (χ1n) is 12.6. The summed E-state index contributed by atoms with van der Waals surface area (Å²) in [7, 11) is -4.46. The van der Waals surface area contributed by atoms with E-state index in [1.165, 1.54) is 29.5 Å². The number of halogens is 3. The summed E-state index contributed by atoms with van der Waals surface area (Å²) in [6.45, 7) is 5.68. The molecule has 1 aromatic carbocycles. The first-order chi connectivity index (χ1) is 18.9. The largest absolute Gasteiger partial charge is 0.506 e. The molecule has 1 aliphatic heterocycles. The van der Waals surface area contributed by atoms with Gasteiger partial charge in [0.15, 0.2) is 11.5 Å². The van der Waals surface area contributed by atoms with E-state index < -0.39 is 34.3 Å². The summed E-state index contributed by atoms with van der Waals surface area (Å²) in [5.74, 6) is -1.76. The Labute approximate surface area is 229 Å². The minimum atomic E-state index is -4.65. The number of aryl methyl sites for hydroxylation is 1. The average Bonchev–Trinajstić information content (AvgIpc) is 2.92. The summed E-state index contributed by atoms with van der Waals surface area (Å²) in [5, 5.41) is 17.5. The zero-order chi connectivity index (χ0) is 28.9. The molecule has 1 fully saturated rings. The fourth-order valence-corrected chi connectivity index (χ4v) is 5.35. The standard InChI is InChI=1S/C26H29F3N6O4S/c1-2-18-13-19(21-14-22(36)16-30-15-21)3-4-20(18)17-34-8-10-35(11-9-34)24-6-5-23(31-32-24)25(37)33-40(38,39)12-7-26(27,28)29/h3-6,13-16,36H,2,7-12,17H2,1H3,(H,33,37). The summed E-state index contributed by atoms with van der Waals surface area (Å²) in [6, 6.07) is 10.8. The quantitative estimate of drug-likeness (QED) is 0.394. The Morgan fingerprint density at radius 3 is 2.38 bits per heavy atom. The maximum Gasteiger partial charge on any atom is 0.390 e. The lowest BCUT2D eigenvalue weighted by atomic mass is 9.98. The van der Waals surface area contributed by atoms with Gasteiger partial charge >= 0.3 is 6.18 Å². The molecule has 1 aliphatic rings. The number of carbonyl (C=O) groups is 1. The van der Waals surface area contributed by atoms with E-state index in [1.807, 2.05) is 11.0 Å². The predicted molar refractivity (Wildman–Crippen MR) is 142 cm³/mol. The van der Waals surface area contributed by atoms with Crippen LogP contribution in [-0.4, -0.2) is 77.6 Å². The molecule has 3 heterocycles. The Morgan fingerprint density at radius 1 is 1.00 bits per heavy atom. The molecule has 1 amide bonds. The summed E-state index contributed by atoms with van der Waals surface area (Å²) in [6.07, 6.45) is -2.25. The molecule has 0 aliphatic carbocycles. The molecule has 0 unspecified atom stereocenters. The van der Waals surface area contributed by atoms with Gasteiger partial charge in [-0.15, -0.1) is 10.2 Å². The summed E-state index contributed by atoms with van der Waals surface area (Å²) < 4.78 is 62.0. The van der Waals surface area contributed by atoms with Crippen molar-refractivity contribution in [2.75, 3.05) is 36.8 Å². The molecular weight excluding hydrogens is 549 g/mol. The van der Waals surface area contributed by atoms with Gasteiger partial charge in [-0.3, -0.25) is 14.7 Å². The number of aromatic hydroxyl groups is 1. The second kappa shape index (κ2) is 12.2. The molecule has 4 rings (SSSR count). The number of benzene rings is 1. The highest BCUT2D eigenvalue weighted by Gasteiger charge is 2.31.